The summed E-state index contributed by atoms with van der Waals surface area (Å²) in [5, 5.41) is 10.5. The van der Waals surface area contributed by atoms with Gasteiger partial charge in [-0.15, -0.1) is 11.3 Å². The number of hydrogen-bond acceptors (Lipinski definition) is 4. The van der Waals surface area contributed by atoms with E-state index in [1.807, 2.05) is 11.3 Å². The van der Waals surface area contributed by atoms with Crippen LogP contribution in [0.15, 0.2) is 0 Å². The molecule has 0 aromatic carbocycles. The van der Waals surface area contributed by atoms with Gasteiger partial charge in [0, 0.05) is 10.9 Å². The minimum absolute atomic E-state index is 0.297. The van der Waals surface area contributed by atoms with Crippen molar-refractivity contribution in [3.8, 4) is 0 Å². The second-order valence-electron chi connectivity index (χ2n) is 4.78. The molecule has 1 aromatic rings. The molecule has 0 bridgehead atoms. The predicted molar refractivity (Wildman–Crippen MR) is 64.7 cm³/mol. The summed E-state index contributed by atoms with van der Waals surface area (Å²) in [6.07, 6.45) is 6.06. The maximum absolute atomic E-state index is 9.27. The molecule has 0 saturated carbocycles. The van der Waals surface area contributed by atoms with Gasteiger partial charge in [-0.1, -0.05) is 0 Å². The highest BCUT2D eigenvalue weighted by molar-refractivity contribution is 7.11. The Labute approximate surface area is 100 Å². The van der Waals surface area contributed by atoms with Crippen molar-refractivity contribution in [1.82, 2.24) is 9.88 Å². The van der Waals surface area contributed by atoms with Gasteiger partial charge in [0.15, 0.2) is 0 Å². The number of nitrogens with zero attached hydrogens (tertiary/aromatic N) is 2. The van der Waals surface area contributed by atoms with Gasteiger partial charge in [0.2, 0.25) is 0 Å². The minimum Gasteiger partial charge on any atom is -0.395 e. The molecule has 2 heterocycles. The SMILES string of the molecule is OC[C@H]1CCCN1Cc1nc2c(s1)CCC2. The van der Waals surface area contributed by atoms with Crippen LogP contribution >= 0.6 is 11.3 Å². The molecule has 1 N–H and O–H groups in total. The van der Waals surface area contributed by atoms with Crippen molar-refractivity contribution in [1.29, 1.82) is 0 Å². The second kappa shape index (κ2) is 4.43. The Morgan fingerprint density at radius 2 is 2.31 bits per heavy atom. The summed E-state index contributed by atoms with van der Waals surface area (Å²) in [7, 11) is 0. The Morgan fingerprint density at radius 1 is 1.38 bits per heavy atom. The van der Waals surface area contributed by atoms with Crippen molar-refractivity contribution in [3.63, 3.8) is 0 Å². The highest BCUT2D eigenvalue weighted by Crippen LogP contribution is 2.29. The van der Waals surface area contributed by atoms with E-state index in [9.17, 15) is 5.11 Å². The van der Waals surface area contributed by atoms with E-state index in [0.717, 1.165) is 19.5 Å². The summed E-state index contributed by atoms with van der Waals surface area (Å²) < 4.78 is 0. The van der Waals surface area contributed by atoms with Gasteiger partial charge in [-0.05, 0) is 38.6 Å². The van der Waals surface area contributed by atoms with Crippen molar-refractivity contribution >= 4 is 11.3 Å². The smallest absolute Gasteiger partial charge is 0.107 e. The molecule has 1 fully saturated rings. The number of rotatable bonds is 3. The molecule has 0 amide bonds. The van der Waals surface area contributed by atoms with Crippen molar-refractivity contribution in [2.45, 2.75) is 44.7 Å². The third-order valence-corrected chi connectivity index (χ3v) is 4.83. The average molecular weight is 238 g/mol. The van der Waals surface area contributed by atoms with E-state index in [-0.39, 0.29) is 0 Å². The maximum Gasteiger partial charge on any atom is 0.107 e. The maximum atomic E-state index is 9.27. The molecular formula is C12H18N2OS. The van der Waals surface area contributed by atoms with E-state index in [1.54, 1.807) is 0 Å². The number of hydrogen-bond donors (Lipinski definition) is 1. The quantitative estimate of drug-likeness (QED) is 0.868. The number of aliphatic hydroxyl groups is 1. The van der Waals surface area contributed by atoms with Crippen LogP contribution in [-0.2, 0) is 19.4 Å². The fourth-order valence-electron chi connectivity index (χ4n) is 2.80. The average Bonchev–Trinajstić information content (AvgIpc) is 2.92. The lowest BCUT2D eigenvalue weighted by molar-refractivity contribution is 0.153. The molecule has 1 saturated heterocycles. The van der Waals surface area contributed by atoms with Gasteiger partial charge in [-0.2, -0.15) is 0 Å². The van der Waals surface area contributed by atoms with Crippen LogP contribution in [-0.4, -0.2) is 34.2 Å². The van der Waals surface area contributed by atoms with Crippen LogP contribution < -0.4 is 0 Å². The van der Waals surface area contributed by atoms with Gasteiger partial charge in [0.1, 0.15) is 5.01 Å². The lowest BCUT2D eigenvalue weighted by Crippen LogP contribution is -2.31. The van der Waals surface area contributed by atoms with Crippen molar-refractivity contribution in [2.24, 2.45) is 0 Å². The fourth-order valence-corrected chi connectivity index (χ4v) is 3.98. The second-order valence-corrected chi connectivity index (χ2v) is 5.95. The number of aryl methyl sites for hydroxylation is 2. The lowest BCUT2D eigenvalue weighted by Gasteiger charge is -2.21. The van der Waals surface area contributed by atoms with Gasteiger partial charge in [-0.3, -0.25) is 4.90 Å². The molecule has 0 unspecified atom stereocenters. The third kappa shape index (κ3) is 1.90. The first-order valence-corrected chi connectivity index (χ1v) is 7.01. The zero-order chi connectivity index (χ0) is 11.0. The Hall–Kier alpha value is -0.450. The number of aliphatic hydroxyl groups excluding tert-OH is 1. The van der Waals surface area contributed by atoms with Crippen LogP contribution in [0.4, 0.5) is 0 Å². The molecule has 3 rings (SSSR count). The third-order valence-electron chi connectivity index (χ3n) is 3.69. The van der Waals surface area contributed by atoms with E-state index >= 15 is 0 Å². The summed E-state index contributed by atoms with van der Waals surface area (Å²) in [6, 6.07) is 0.374. The lowest BCUT2D eigenvalue weighted by atomic mass is 10.2. The van der Waals surface area contributed by atoms with Crippen molar-refractivity contribution < 1.29 is 5.11 Å². The molecule has 88 valence electrons. The first-order chi connectivity index (χ1) is 7.86. The van der Waals surface area contributed by atoms with Crippen LogP contribution in [0.1, 0.15) is 34.8 Å². The topological polar surface area (TPSA) is 36.4 Å². The van der Waals surface area contributed by atoms with Crippen molar-refractivity contribution in [3.05, 3.63) is 15.6 Å². The molecule has 2 aliphatic rings. The number of thiazole rings is 1. The van der Waals surface area contributed by atoms with Gasteiger partial charge in [-0.25, -0.2) is 4.98 Å². The van der Waals surface area contributed by atoms with Gasteiger partial charge in [0.25, 0.3) is 0 Å². The molecule has 1 aliphatic heterocycles. The van der Waals surface area contributed by atoms with E-state index in [2.05, 4.69) is 4.90 Å². The van der Waals surface area contributed by atoms with Gasteiger partial charge < -0.3 is 5.11 Å². The van der Waals surface area contributed by atoms with Crippen LogP contribution in [0.2, 0.25) is 0 Å². The molecule has 0 spiro atoms. The Morgan fingerprint density at radius 3 is 3.12 bits per heavy atom. The van der Waals surface area contributed by atoms with Gasteiger partial charge in [0.05, 0.1) is 18.8 Å². The summed E-state index contributed by atoms with van der Waals surface area (Å²) in [5.74, 6) is 0. The molecule has 1 aliphatic carbocycles. The van der Waals surface area contributed by atoms with E-state index < -0.39 is 0 Å². The zero-order valence-corrected chi connectivity index (χ0v) is 10.3. The molecule has 16 heavy (non-hydrogen) atoms. The first-order valence-electron chi connectivity index (χ1n) is 6.19. The van der Waals surface area contributed by atoms with E-state index in [4.69, 9.17) is 4.98 Å². The van der Waals surface area contributed by atoms with E-state index in [1.165, 1.54) is 41.3 Å². The van der Waals surface area contributed by atoms with Gasteiger partial charge >= 0.3 is 0 Å². The standard InChI is InChI=1S/C12H18N2OS/c15-8-9-3-2-6-14(9)7-12-13-10-4-1-5-11(10)16-12/h9,15H,1-8H2/t9-/m1/s1. The van der Waals surface area contributed by atoms with Crippen molar-refractivity contribution in [2.75, 3.05) is 13.2 Å². The van der Waals surface area contributed by atoms with Crippen LogP contribution in [0.25, 0.3) is 0 Å². The summed E-state index contributed by atoms with van der Waals surface area (Å²) in [4.78, 5) is 8.61. The molecular weight excluding hydrogens is 220 g/mol. The summed E-state index contributed by atoms with van der Waals surface area (Å²) in [6.45, 7) is 2.36. The van der Waals surface area contributed by atoms with Crippen LogP contribution in [0.5, 0.6) is 0 Å². The molecule has 1 aromatic heterocycles. The summed E-state index contributed by atoms with van der Waals surface area (Å²) in [5.41, 5.74) is 1.35. The fraction of sp³-hybridized carbons (Fsp3) is 0.750. The zero-order valence-electron chi connectivity index (χ0n) is 9.48. The summed E-state index contributed by atoms with van der Waals surface area (Å²) >= 11 is 1.89. The first kappa shape index (κ1) is 10.7. The predicted octanol–water partition coefficient (Wildman–Crippen LogP) is 1.59. The Bertz CT molecular complexity index is 356. The molecule has 0 radical (unpaired) electrons. The minimum atomic E-state index is 0.297. The molecule has 4 heteroatoms. The molecule has 3 nitrogen and oxygen atoms in total. The highest BCUT2D eigenvalue weighted by atomic mass is 32.1. The molecule has 1 atom stereocenters. The van der Waals surface area contributed by atoms with Crippen LogP contribution in [0, 0.1) is 0 Å². The van der Waals surface area contributed by atoms with E-state index in [0.29, 0.717) is 12.6 Å². The number of likely N-dealkylation sites (tertiary alicyclic amines) is 1. The highest BCUT2D eigenvalue weighted by Gasteiger charge is 2.25. The Kier molecular flexibility index (Phi) is 2.96. The number of fused-ring (bicyclic) bond motifs is 1. The Balaban J connectivity index is 1.69. The monoisotopic (exact) mass is 238 g/mol. The number of aromatic nitrogens is 1. The van der Waals surface area contributed by atoms with Crippen LogP contribution in [0.3, 0.4) is 0 Å². The normalized spacial score (nSPS) is 25.2. The largest absolute Gasteiger partial charge is 0.395 e.